The largest absolute Gasteiger partial charge is 0.379 e. The lowest BCUT2D eigenvalue weighted by atomic mass is 9.80. The second kappa shape index (κ2) is 8.25. The summed E-state index contributed by atoms with van der Waals surface area (Å²) < 4.78 is 6.05. The molecule has 2 fully saturated rings. The van der Waals surface area contributed by atoms with Crippen LogP contribution >= 0.6 is 0 Å². The summed E-state index contributed by atoms with van der Waals surface area (Å²) in [6.45, 7) is 7.92. The van der Waals surface area contributed by atoms with E-state index >= 15 is 0 Å². The van der Waals surface area contributed by atoms with Crippen molar-refractivity contribution in [2.45, 2.75) is 25.9 Å². The molecule has 2 aromatic heterocycles. The summed E-state index contributed by atoms with van der Waals surface area (Å²) in [5, 5.41) is 0. The first-order valence-corrected chi connectivity index (χ1v) is 9.63. The van der Waals surface area contributed by atoms with Crippen LogP contribution in [-0.2, 0) is 17.8 Å². The van der Waals surface area contributed by atoms with Gasteiger partial charge in [-0.05, 0) is 43.1 Å². The maximum absolute atomic E-state index is 6.05. The van der Waals surface area contributed by atoms with E-state index in [9.17, 15) is 0 Å². The monoisotopic (exact) mass is 352 g/mol. The van der Waals surface area contributed by atoms with E-state index < -0.39 is 0 Å². The third-order valence-electron chi connectivity index (χ3n) is 5.50. The van der Waals surface area contributed by atoms with Crippen molar-refractivity contribution in [1.82, 2.24) is 19.8 Å². The highest BCUT2D eigenvalue weighted by Crippen LogP contribution is 2.34. The van der Waals surface area contributed by atoms with Gasteiger partial charge in [-0.2, -0.15) is 0 Å². The molecule has 2 aliphatic heterocycles. The van der Waals surface area contributed by atoms with Crippen LogP contribution in [0, 0.1) is 5.41 Å². The van der Waals surface area contributed by atoms with E-state index in [1.165, 1.54) is 18.4 Å². The highest BCUT2D eigenvalue weighted by atomic mass is 16.5. The molecule has 2 saturated heterocycles. The quantitative estimate of drug-likeness (QED) is 0.846. The molecule has 26 heavy (non-hydrogen) atoms. The van der Waals surface area contributed by atoms with Crippen molar-refractivity contribution in [3.8, 4) is 0 Å². The third kappa shape index (κ3) is 4.47. The van der Waals surface area contributed by atoms with Crippen molar-refractivity contribution in [3.63, 3.8) is 0 Å². The van der Waals surface area contributed by atoms with Gasteiger partial charge in [-0.15, -0.1) is 0 Å². The Bertz CT molecular complexity index is 681. The van der Waals surface area contributed by atoms with Gasteiger partial charge in [0.05, 0.1) is 18.9 Å². The Morgan fingerprint density at radius 1 is 1.00 bits per heavy atom. The molecular weight excluding hydrogens is 324 g/mol. The molecule has 0 amide bonds. The first kappa shape index (κ1) is 17.6. The van der Waals surface area contributed by atoms with Crippen LogP contribution in [0.15, 0.2) is 48.9 Å². The average Bonchev–Trinajstić information content (AvgIpc) is 2.85. The van der Waals surface area contributed by atoms with Crippen LogP contribution in [0.25, 0.3) is 0 Å². The molecule has 5 heteroatoms. The van der Waals surface area contributed by atoms with Crippen LogP contribution in [-0.4, -0.2) is 59.2 Å². The Balaban J connectivity index is 1.43. The third-order valence-corrected chi connectivity index (χ3v) is 5.50. The zero-order valence-electron chi connectivity index (χ0n) is 15.4. The van der Waals surface area contributed by atoms with Crippen LogP contribution in [0.3, 0.4) is 0 Å². The van der Waals surface area contributed by atoms with Gasteiger partial charge in [-0.1, -0.05) is 12.1 Å². The molecule has 0 N–H and O–H groups in total. The fraction of sp³-hybridized carbons (Fsp3) is 0.524. The topological polar surface area (TPSA) is 41.5 Å². The number of rotatable bonds is 4. The van der Waals surface area contributed by atoms with Crippen molar-refractivity contribution >= 4 is 0 Å². The smallest absolute Gasteiger partial charge is 0.0593 e. The Morgan fingerprint density at radius 3 is 2.73 bits per heavy atom. The molecule has 0 aliphatic carbocycles. The lowest BCUT2D eigenvalue weighted by Gasteiger charge is -2.43. The number of likely N-dealkylation sites (tertiary alicyclic amines) is 1. The van der Waals surface area contributed by atoms with Gasteiger partial charge in [-0.25, -0.2) is 0 Å². The highest BCUT2D eigenvalue weighted by molar-refractivity contribution is 5.09. The fourth-order valence-electron chi connectivity index (χ4n) is 4.38. The molecule has 2 aromatic rings. The minimum Gasteiger partial charge on any atom is -0.379 e. The number of piperidine rings is 1. The van der Waals surface area contributed by atoms with Crippen LogP contribution in [0.4, 0.5) is 0 Å². The summed E-state index contributed by atoms with van der Waals surface area (Å²) in [5.41, 5.74) is 2.67. The summed E-state index contributed by atoms with van der Waals surface area (Å²) in [6, 6.07) is 10.4. The number of ether oxygens (including phenoxy) is 1. The average molecular weight is 352 g/mol. The Hall–Kier alpha value is -1.82. The van der Waals surface area contributed by atoms with E-state index in [-0.39, 0.29) is 5.41 Å². The van der Waals surface area contributed by atoms with Gasteiger partial charge in [0.1, 0.15) is 0 Å². The predicted octanol–water partition coefficient (Wildman–Crippen LogP) is 2.59. The number of hydrogen-bond acceptors (Lipinski definition) is 5. The lowest BCUT2D eigenvalue weighted by Crippen LogP contribution is -2.50. The van der Waals surface area contributed by atoms with Crippen LogP contribution in [0.5, 0.6) is 0 Å². The van der Waals surface area contributed by atoms with Crippen LogP contribution < -0.4 is 0 Å². The number of hydrogen-bond donors (Lipinski definition) is 0. The summed E-state index contributed by atoms with van der Waals surface area (Å²) in [4.78, 5) is 13.9. The standard InChI is InChI=1S/C21H28N4O/c1-2-9-23-20(6-1)15-25-11-12-26-18-21(17-25)7-4-10-24(16-21)14-19-5-3-8-22-13-19/h1-3,5-6,8-9,13H,4,7,10-12,14-18H2/t21-/m0/s1. The van der Waals surface area contributed by atoms with Gasteiger partial charge in [-0.3, -0.25) is 19.8 Å². The highest BCUT2D eigenvalue weighted by Gasteiger charge is 2.38. The maximum atomic E-state index is 6.05. The van der Waals surface area contributed by atoms with Crippen LogP contribution in [0.2, 0.25) is 0 Å². The van der Waals surface area contributed by atoms with Gasteiger partial charge >= 0.3 is 0 Å². The molecule has 5 nitrogen and oxygen atoms in total. The van der Waals surface area contributed by atoms with E-state index in [1.54, 1.807) is 0 Å². The summed E-state index contributed by atoms with van der Waals surface area (Å²) >= 11 is 0. The van der Waals surface area contributed by atoms with Crippen molar-refractivity contribution in [2.75, 3.05) is 39.4 Å². The minimum absolute atomic E-state index is 0.228. The zero-order valence-corrected chi connectivity index (χ0v) is 15.4. The van der Waals surface area contributed by atoms with Crippen molar-refractivity contribution in [3.05, 3.63) is 60.2 Å². The SMILES string of the molecule is c1ccc(CN2CCOC[C@]3(CCCN(Cc4cccnc4)C3)C2)nc1. The van der Waals surface area contributed by atoms with E-state index in [4.69, 9.17) is 4.74 Å². The molecule has 2 aliphatic rings. The zero-order chi connectivity index (χ0) is 17.7. The lowest BCUT2D eigenvalue weighted by molar-refractivity contribution is 0.00239. The second-order valence-corrected chi connectivity index (χ2v) is 7.76. The van der Waals surface area contributed by atoms with E-state index in [0.717, 1.165) is 58.2 Å². The minimum atomic E-state index is 0.228. The molecule has 0 radical (unpaired) electrons. The normalized spacial score (nSPS) is 25.2. The Kier molecular flexibility index (Phi) is 5.58. The molecule has 138 valence electrons. The predicted molar refractivity (Wildman–Crippen MR) is 102 cm³/mol. The Labute approximate surface area is 156 Å². The van der Waals surface area contributed by atoms with Gasteiger partial charge in [0.2, 0.25) is 0 Å². The summed E-state index contributed by atoms with van der Waals surface area (Å²) in [6.07, 6.45) is 8.19. The van der Waals surface area contributed by atoms with Crippen LogP contribution in [0.1, 0.15) is 24.1 Å². The second-order valence-electron chi connectivity index (χ2n) is 7.76. The van der Waals surface area contributed by atoms with E-state index in [1.807, 2.05) is 30.7 Å². The molecule has 0 unspecified atom stereocenters. The van der Waals surface area contributed by atoms with Gasteiger partial charge in [0.25, 0.3) is 0 Å². The molecule has 4 heterocycles. The molecule has 1 spiro atoms. The first-order chi connectivity index (χ1) is 12.8. The van der Waals surface area contributed by atoms with Gasteiger partial charge in [0.15, 0.2) is 0 Å². The first-order valence-electron chi connectivity index (χ1n) is 9.63. The van der Waals surface area contributed by atoms with Gasteiger partial charge in [0, 0.05) is 56.7 Å². The number of pyridine rings is 2. The summed E-state index contributed by atoms with van der Waals surface area (Å²) in [5.74, 6) is 0. The summed E-state index contributed by atoms with van der Waals surface area (Å²) in [7, 11) is 0. The van der Waals surface area contributed by atoms with E-state index in [2.05, 4.69) is 38.0 Å². The van der Waals surface area contributed by atoms with Crippen molar-refractivity contribution in [2.24, 2.45) is 5.41 Å². The molecule has 1 atom stereocenters. The van der Waals surface area contributed by atoms with Crippen molar-refractivity contribution < 1.29 is 4.74 Å². The molecule has 0 saturated carbocycles. The molecule has 4 rings (SSSR count). The van der Waals surface area contributed by atoms with Gasteiger partial charge < -0.3 is 4.74 Å². The Morgan fingerprint density at radius 2 is 1.92 bits per heavy atom. The molecule has 0 bridgehead atoms. The number of nitrogens with zero attached hydrogens (tertiary/aromatic N) is 4. The number of aromatic nitrogens is 2. The fourth-order valence-corrected chi connectivity index (χ4v) is 4.38. The maximum Gasteiger partial charge on any atom is 0.0593 e. The molecule has 0 aromatic carbocycles. The molecular formula is C21H28N4O. The van der Waals surface area contributed by atoms with Crippen molar-refractivity contribution in [1.29, 1.82) is 0 Å². The van der Waals surface area contributed by atoms with E-state index in [0.29, 0.717) is 0 Å².